The highest BCUT2D eigenvalue weighted by Crippen LogP contribution is 1.92. The summed E-state index contributed by atoms with van der Waals surface area (Å²) < 4.78 is 10.8. The molecule has 0 aromatic rings. The van der Waals surface area contributed by atoms with E-state index in [1.807, 2.05) is 0 Å². The van der Waals surface area contributed by atoms with Gasteiger partial charge in [0.25, 0.3) is 0 Å². The van der Waals surface area contributed by atoms with Crippen molar-refractivity contribution in [2.75, 3.05) is 12.0 Å². The molecule has 0 heterocycles. The van der Waals surface area contributed by atoms with Crippen molar-refractivity contribution in [1.82, 2.24) is 5.32 Å². The summed E-state index contributed by atoms with van der Waals surface area (Å²) in [4.78, 5) is 21.2. The monoisotopic (exact) mass is 221 g/mol. The second kappa shape index (κ2) is 6.53. The molecule has 0 saturated carbocycles. The Balaban J connectivity index is 3.71. The smallest absolute Gasteiger partial charge is 0.303 e. The number of nitrogens with one attached hydrogen (secondary N) is 1. The number of hydrogen-bond acceptors (Lipinski definition) is 3. The van der Waals surface area contributed by atoms with Gasteiger partial charge in [0.05, 0.1) is 6.42 Å². The molecule has 14 heavy (non-hydrogen) atoms. The Bertz CT molecular complexity index is 241. The summed E-state index contributed by atoms with van der Waals surface area (Å²) in [5.41, 5.74) is 0. The Morgan fingerprint density at radius 3 is 2.43 bits per heavy atom. The van der Waals surface area contributed by atoms with Gasteiger partial charge < -0.3 is 10.4 Å². The van der Waals surface area contributed by atoms with Gasteiger partial charge in [-0.25, -0.2) is 0 Å². The molecule has 0 aliphatic carbocycles. The van der Waals surface area contributed by atoms with Crippen LogP contribution in [0, 0.1) is 0 Å². The zero-order valence-corrected chi connectivity index (χ0v) is 9.10. The standard InChI is InChI=1S/C8H15NO4S/c1-6(5-14(2)13)9-7(10)3-4-8(11)12/h6H,3-5H2,1-2H3,(H,9,10)(H,11,12). The minimum Gasteiger partial charge on any atom is -0.481 e. The van der Waals surface area contributed by atoms with E-state index in [9.17, 15) is 13.8 Å². The summed E-state index contributed by atoms with van der Waals surface area (Å²) >= 11 is 0. The number of carboxylic acids is 1. The van der Waals surface area contributed by atoms with Crippen LogP contribution in [0.1, 0.15) is 19.8 Å². The van der Waals surface area contributed by atoms with E-state index in [1.54, 1.807) is 13.2 Å². The third kappa shape index (κ3) is 7.72. The van der Waals surface area contributed by atoms with E-state index in [4.69, 9.17) is 5.11 Å². The Morgan fingerprint density at radius 1 is 1.43 bits per heavy atom. The summed E-state index contributed by atoms with van der Waals surface area (Å²) in [7, 11) is -0.956. The zero-order chi connectivity index (χ0) is 11.1. The third-order valence-corrected chi connectivity index (χ3v) is 2.43. The van der Waals surface area contributed by atoms with Crippen molar-refractivity contribution in [2.24, 2.45) is 0 Å². The molecular weight excluding hydrogens is 206 g/mol. The van der Waals surface area contributed by atoms with Gasteiger partial charge in [-0.2, -0.15) is 0 Å². The molecule has 1 amide bonds. The first kappa shape index (κ1) is 13.1. The summed E-state index contributed by atoms with van der Waals surface area (Å²) in [5, 5.41) is 10.9. The predicted molar refractivity (Wildman–Crippen MR) is 53.4 cm³/mol. The van der Waals surface area contributed by atoms with Crippen LogP contribution in [0.4, 0.5) is 0 Å². The van der Waals surface area contributed by atoms with Gasteiger partial charge in [0, 0.05) is 35.3 Å². The molecule has 0 fully saturated rings. The minimum absolute atomic E-state index is 0.0317. The number of amides is 1. The molecule has 0 aliphatic heterocycles. The maximum atomic E-state index is 11.1. The molecule has 2 unspecified atom stereocenters. The maximum absolute atomic E-state index is 11.1. The van der Waals surface area contributed by atoms with Gasteiger partial charge in [-0.15, -0.1) is 0 Å². The molecule has 0 aromatic heterocycles. The number of hydrogen-bond donors (Lipinski definition) is 2. The van der Waals surface area contributed by atoms with Gasteiger partial charge in [0.15, 0.2) is 0 Å². The van der Waals surface area contributed by atoms with Crippen LogP contribution in [0.15, 0.2) is 0 Å². The van der Waals surface area contributed by atoms with Gasteiger partial charge in [-0.3, -0.25) is 13.8 Å². The van der Waals surface area contributed by atoms with Crippen molar-refractivity contribution in [3.8, 4) is 0 Å². The Hall–Kier alpha value is -0.910. The van der Waals surface area contributed by atoms with E-state index in [0.29, 0.717) is 5.75 Å². The lowest BCUT2D eigenvalue weighted by Crippen LogP contribution is -2.36. The third-order valence-electron chi connectivity index (χ3n) is 1.46. The van der Waals surface area contributed by atoms with E-state index in [-0.39, 0.29) is 24.8 Å². The lowest BCUT2D eigenvalue weighted by Gasteiger charge is -2.11. The molecular formula is C8H15NO4S. The van der Waals surface area contributed by atoms with Crippen LogP contribution >= 0.6 is 0 Å². The van der Waals surface area contributed by atoms with Gasteiger partial charge in [-0.05, 0) is 6.92 Å². The van der Waals surface area contributed by atoms with Crippen molar-refractivity contribution in [1.29, 1.82) is 0 Å². The van der Waals surface area contributed by atoms with E-state index < -0.39 is 16.8 Å². The first-order valence-electron chi connectivity index (χ1n) is 4.23. The largest absolute Gasteiger partial charge is 0.481 e. The van der Waals surface area contributed by atoms with Gasteiger partial charge in [0.2, 0.25) is 5.91 Å². The van der Waals surface area contributed by atoms with Crippen LogP contribution in [0.25, 0.3) is 0 Å². The average molecular weight is 221 g/mol. The first-order chi connectivity index (χ1) is 6.41. The number of rotatable bonds is 6. The molecule has 2 N–H and O–H groups in total. The van der Waals surface area contributed by atoms with Gasteiger partial charge in [-0.1, -0.05) is 0 Å². The molecule has 0 rings (SSSR count). The molecule has 0 radical (unpaired) electrons. The van der Waals surface area contributed by atoms with Gasteiger partial charge in [0.1, 0.15) is 0 Å². The van der Waals surface area contributed by atoms with Crippen LogP contribution in [0.5, 0.6) is 0 Å². The fourth-order valence-corrected chi connectivity index (χ4v) is 1.75. The SMILES string of the molecule is CC(CS(C)=O)NC(=O)CCC(=O)O. The molecule has 0 spiro atoms. The second-order valence-corrected chi connectivity index (χ2v) is 4.58. The Morgan fingerprint density at radius 2 is 2.00 bits per heavy atom. The quantitative estimate of drug-likeness (QED) is 0.647. The van der Waals surface area contributed by atoms with Crippen LogP contribution in [0.2, 0.25) is 0 Å². The number of aliphatic carboxylic acids is 1. The summed E-state index contributed by atoms with van der Waals surface area (Å²) in [5.74, 6) is -0.920. The highest BCUT2D eigenvalue weighted by Gasteiger charge is 2.09. The van der Waals surface area contributed by atoms with Crippen molar-refractivity contribution < 1.29 is 18.9 Å². The van der Waals surface area contributed by atoms with Crippen molar-refractivity contribution in [3.63, 3.8) is 0 Å². The second-order valence-electron chi connectivity index (χ2n) is 3.10. The topological polar surface area (TPSA) is 83.5 Å². The summed E-state index contributed by atoms with van der Waals surface area (Å²) in [6, 6.07) is -0.179. The van der Waals surface area contributed by atoms with E-state index in [2.05, 4.69) is 5.32 Å². The van der Waals surface area contributed by atoms with Crippen LogP contribution in [-0.2, 0) is 20.4 Å². The zero-order valence-electron chi connectivity index (χ0n) is 8.28. The van der Waals surface area contributed by atoms with Crippen molar-refractivity contribution in [3.05, 3.63) is 0 Å². The van der Waals surface area contributed by atoms with Crippen molar-refractivity contribution >= 4 is 22.7 Å². The summed E-state index contributed by atoms with van der Waals surface area (Å²) in [6.07, 6.45) is 1.35. The number of carbonyl (C=O) groups is 2. The maximum Gasteiger partial charge on any atom is 0.303 e. The highest BCUT2D eigenvalue weighted by molar-refractivity contribution is 7.84. The Kier molecular flexibility index (Phi) is 6.11. The van der Waals surface area contributed by atoms with E-state index in [1.165, 1.54) is 0 Å². The average Bonchev–Trinajstić information content (AvgIpc) is 1.98. The van der Waals surface area contributed by atoms with Gasteiger partial charge >= 0.3 is 5.97 Å². The van der Waals surface area contributed by atoms with Crippen LogP contribution < -0.4 is 5.32 Å². The van der Waals surface area contributed by atoms with E-state index in [0.717, 1.165) is 0 Å². The van der Waals surface area contributed by atoms with E-state index >= 15 is 0 Å². The predicted octanol–water partition coefficient (Wildman–Crippen LogP) is -0.266. The lowest BCUT2D eigenvalue weighted by molar-refractivity contribution is -0.138. The molecule has 5 nitrogen and oxygen atoms in total. The molecule has 6 heteroatoms. The molecule has 0 aromatic carbocycles. The fourth-order valence-electron chi connectivity index (χ4n) is 0.961. The molecule has 0 saturated heterocycles. The van der Waals surface area contributed by atoms with Crippen LogP contribution in [-0.4, -0.2) is 39.2 Å². The Labute approximate surface area is 85.3 Å². The highest BCUT2D eigenvalue weighted by atomic mass is 32.2. The normalized spacial score (nSPS) is 14.4. The molecule has 0 aliphatic rings. The number of carboxylic acid groups (broad SMARTS) is 1. The molecule has 0 bridgehead atoms. The lowest BCUT2D eigenvalue weighted by atomic mass is 10.3. The number of carbonyl (C=O) groups excluding carboxylic acids is 1. The molecule has 2 atom stereocenters. The minimum atomic E-state index is -0.994. The first-order valence-corrected chi connectivity index (χ1v) is 5.95. The fraction of sp³-hybridized carbons (Fsp3) is 0.750. The van der Waals surface area contributed by atoms with Crippen molar-refractivity contribution in [2.45, 2.75) is 25.8 Å². The molecule has 82 valence electrons. The summed E-state index contributed by atoms with van der Waals surface area (Å²) in [6.45, 7) is 1.74. The van der Waals surface area contributed by atoms with Crippen LogP contribution in [0.3, 0.4) is 0 Å².